The highest BCUT2D eigenvalue weighted by Gasteiger charge is 2.70. The standard InChI is InChI=1S/C41H66O15/c1-17-6-7-20-15-41(50)24-9-8-21-14-22(10-12-39(21,4)23(24)11-13-40(41,5)26(17)20)53-38-35(56-37-32(48)30(46)28(44)19(3)52-37)33(49)34(25(16-42)54-38)55-36-31(47)29(45)27(43)18(2)51-36/h8,17-20,22-38,42-50H,6-7,9-16H2,1-5H3/t17-,18+,19+,20?,22+,23+,24-,25-,26+,27+,28+,29-,30-,31-,32-,33+,34-,35-,36+,37+,38-,39+,40-,41-/m1/s1. The van der Waals surface area contributed by atoms with Gasteiger partial charge >= 0.3 is 0 Å². The van der Waals surface area contributed by atoms with Crippen molar-refractivity contribution in [3.63, 3.8) is 0 Å². The second kappa shape index (κ2) is 15.2. The summed E-state index contributed by atoms with van der Waals surface area (Å²) in [6.45, 7) is 9.42. The Morgan fingerprint density at radius 2 is 1.30 bits per heavy atom. The molecule has 0 radical (unpaired) electrons. The molecule has 3 heterocycles. The molecule has 8 aliphatic rings. The Kier molecular flexibility index (Phi) is 11.4. The van der Waals surface area contributed by atoms with Crippen LogP contribution < -0.4 is 0 Å². The van der Waals surface area contributed by atoms with Gasteiger partial charge in [-0.3, -0.25) is 0 Å². The van der Waals surface area contributed by atoms with Crippen LogP contribution in [0, 0.1) is 40.4 Å². The molecule has 5 aliphatic carbocycles. The third-order valence-corrected chi connectivity index (χ3v) is 16.4. The predicted molar refractivity (Wildman–Crippen MR) is 195 cm³/mol. The molecule has 15 heteroatoms. The lowest BCUT2D eigenvalue weighted by Crippen LogP contribution is -2.66. The smallest absolute Gasteiger partial charge is 0.187 e. The Balaban J connectivity index is 1.02. The number of rotatable bonds is 7. The van der Waals surface area contributed by atoms with Crippen LogP contribution in [0.25, 0.3) is 0 Å². The van der Waals surface area contributed by atoms with E-state index in [4.69, 9.17) is 28.4 Å². The summed E-state index contributed by atoms with van der Waals surface area (Å²) in [7, 11) is 0. The summed E-state index contributed by atoms with van der Waals surface area (Å²) in [5.74, 6) is 2.34. The van der Waals surface area contributed by atoms with Gasteiger partial charge in [0, 0.05) is 0 Å². The van der Waals surface area contributed by atoms with Gasteiger partial charge in [0.2, 0.25) is 0 Å². The van der Waals surface area contributed by atoms with Crippen LogP contribution in [0.2, 0.25) is 0 Å². The van der Waals surface area contributed by atoms with E-state index in [0.717, 1.165) is 32.1 Å². The molecule has 3 saturated heterocycles. The minimum atomic E-state index is -1.71. The molecule has 0 bridgehead atoms. The van der Waals surface area contributed by atoms with Crippen molar-refractivity contribution in [2.75, 3.05) is 6.61 Å². The molecule has 3 aliphatic heterocycles. The summed E-state index contributed by atoms with van der Waals surface area (Å²) in [6, 6.07) is 0. The van der Waals surface area contributed by atoms with Gasteiger partial charge in [-0.1, -0.05) is 38.8 Å². The van der Waals surface area contributed by atoms with Gasteiger partial charge in [-0.15, -0.1) is 0 Å². The summed E-state index contributed by atoms with van der Waals surface area (Å²) in [5, 5.41) is 98.2. The average Bonchev–Trinajstić information content (AvgIpc) is 3.65. The highest BCUT2D eigenvalue weighted by atomic mass is 16.8. The Morgan fingerprint density at radius 3 is 1.93 bits per heavy atom. The first-order valence-corrected chi connectivity index (χ1v) is 21.2. The average molecular weight is 799 g/mol. The van der Waals surface area contributed by atoms with Crippen molar-refractivity contribution in [1.29, 1.82) is 0 Å². The van der Waals surface area contributed by atoms with Crippen LogP contribution in [0.15, 0.2) is 11.6 Å². The summed E-state index contributed by atoms with van der Waals surface area (Å²) < 4.78 is 36.4. The van der Waals surface area contributed by atoms with Crippen molar-refractivity contribution in [3.05, 3.63) is 11.6 Å². The Hall–Kier alpha value is -0.860. The third kappa shape index (κ3) is 6.49. The van der Waals surface area contributed by atoms with Crippen LogP contribution in [-0.4, -0.2) is 156 Å². The zero-order valence-electron chi connectivity index (χ0n) is 33.2. The summed E-state index contributed by atoms with van der Waals surface area (Å²) >= 11 is 0. The number of fused-ring (bicyclic) bond motifs is 7. The lowest BCUT2D eigenvalue weighted by atomic mass is 9.45. The maximum Gasteiger partial charge on any atom is 0.187 e. The molecule has 24 atom stereocenters. The quantitative estimate of drug-likeness (QED) is 0.157. The number of aliphatic hydroxyl groups is 9. The maximum atomic E-state index is 12.7. The van der Waals surface area contributed by atoms with E-state index in [0.29, 0.717) is 36.5 Å². The minimum Gasteiger partial charge on any atom is -0.394 e. The van der Waals surface area contributed by atoms with E-state index < -0.39 is 104 Å². The van der Waals surface area contributed by atoms with E-state index in [1.807, 2.05) is 0 Å². The van der Waals surface area contributed by atoms with Crippen LogP contribution in [0.5, 0.6) is 0 Å². The predicted octanol–water partition coefficient (Wildman–Crippen LogP) is 0.225. The number of aliphatic hydroxyl groups excluding tert-OH is 8. The molecular formula is C41H66O15. The second-order valence-electron chi connectivity index (χ2n) is 19.3. The highest BCUT2D eigenvalue weighted by Crippen LogP contribution is 2.72. The van der Waals surface area contributed by atoms with Gasteiger partial charge in [-0.2, -0.15) is 0 Å². The zero-order chi connectivity index (χ0) is 40.2. The highest BCUT2D eigenvalue weighted by molar-refractivity contribution is 5.29. The molecular weight excluding hydrogens is 732 g/mol. The van der Waals surface area contributed by atoms with Gasteiger partial charge in [-0.25, -0.2) is 0 Å². The van der Waals surface area contributed by atoms with Crippen LogP contribution in [0.4, 0.5) is 0 Å². The van der Waals surface area contributed by atoms with Crippen LogP contribution >= 0.6 is 0 Å². The SMILES string of the molecule is C[C@@H]1CCC2C[C@@]3(O)[C@@H]4CC=C5C[C@@H](O[C@@H]6O[C@H](CO)[C@@H](O[C@@H]7O[C@@H](C)[C@H](O)[C@@H](O)[C@H]7O)[C@H](O)[C@H]6O[C@@H]6O[C@@H](C)[C@H](O)[C@@H](O)[C@H]6O)CC[C@]5(C)[C@H]4CC[C@]3(C)[C@H]21. The number of ether oxygens (including phenoxy) is 6. The van der Waals surface area contributed by atoms with Crippen molar-refractivity contribution in [2.24, 2.45) is 40.4 Å². The molecule has 0 aromatic carbocycles. The molecule has 0 aromatic rings. The normalized spacial score (nSPS) is 58.5. The molecule has 0 spiro atoms. The molecule has 56 heavy (non-hydrogen) atoms. The van der Waals surface area contributed by atoms with Crippen LogP contribution in [0.1, 0.15) is 92.4 Å². The van der Waals surface area contributed by atoms with E-state index >= 15 is 0 Å². The van der Waals surface area contributed by atoms with Gasteiger partial charge in [0.1, 0.15) is 61.0 Å². The molecule has 9 N–H and O–H groups in total. The third-order valence-electron chi connectivity index (χ3n) is 16.4. The van der Waals surface area contributed by atoms with E-state index in [-0.39, 0.29) is 22.9 Å². The molecule has 15 nitrogen and oxygen atoms in total. The second-order valence-corrected chi connectivity index (χ2v) is 19.3. The van der Waals surface area contributed by atoms with Gasteiger partial charge in [-0.05, 0) is 106 Å². The van der Waals surface area contributed by atoms with Crippen molar-refractivity contribution in [3.8, 4) is 0 Å². The monoisotopic (exact) mass is 798 g/mol. The number of hydrogen-bond donors (Lipinski definition) is 9. The molecule has 4 saturated carbocycles. The van der Waals surface area contributed by atoms with Crippen molar-refractivity contribution >= 4 is 0 Å². The maximum absolute atomic E-state index is 12.7. The van der Waals surface area contributed by atoms with E-state index in [1.165, 1.54) is 32.3 Å². The Morgan fingerprint density at radius 1 is 0.679 bits per heavy atom. The summed E-state index contributed by atoms with van der Waals surface area (Å²) in [5.41, 5.74) is 0.395. The topological polar surface area (TPSA) is 237 Å². The lowest BCUT2D eigenvalue weighted by molar-refractivity contribution is -0.388. The first-order chi connectivity index (χ1) is 26.4. The van der Waals surface area contributed by atoms with Crippen molar-refractivity contribution in [2.45, 2.75) is 196 Å². The van der Waals surface area contributed by atoms with Gasteiger partial charge in [0.25, 0.3) is 0 Å². The van der Waals surface area contributed by atoms with Crippen LogP contribution in [-0.2, 0) is 28.4 Å². The fourth-order valence-electron chi connectivity index (χ4n) is 13.2. The first-order valence-electron chi connectivity index (χ1n) is 21.2. The zero-order valence-corrected chi connectivity index (χ0v) is 33.2. The summed E-state index contributed by atoms with van der Waals surface area (Å²) in [6.07, 6.45) is -11.3. The molecule has 320 valence electrons. The van der Waals surface area contributed by atoms with E-state index in [1.54, 1.807) is 0 Å². The largest absolute Gasteiger partial charge is 0.394 e. The van der Waals surface area contributed by atoms with E-state index in [2.05, 4.69) is 26.8 Å². The van der Waals surface area contributed by atoms with Gasteiger partial charge < -0.3 is 74.4 Å². The molecule has 0 amide bonds. The van der Waals surface area contributed by atoms with E-state index in [9.17, 15) is 46.0 Å². The molecule has 8 rings (SSSR count). The van der Waals surface area contributed by atoms with Crippen LogP contribution in [0.3, 0.4) is 0 Å². The molecule has 0 aromatic heterocycles. The van der Waals surface area contributed by atoms with Crippen molar-refractivity contribution in [1.82, 2.24) is 0 Å². The molecule has 7 fully saturated rings. The minimum absolute atomic E-state index is 0.0716. The number of allylic oxidation sites excluding steroid dienone is 1. The fraction of sp³-hybridized carbons (Fsp3) is 0.951. The molecule has 1 unspecified atom stereocenters. The van der Waals surface area contributed by atoms with Crippen molar-refractivity contribution < 1.29 is 74.4 Å². The van der Waals surface area contributed by atoms with Gasteiger partial charge in [0.15, 0.2) is 18.9 Å². The van der Waals surface area contributed by atoms with Gasteiger partial charge in [0.05, 0.1) is 30.5 Å². The lowest BCUT2D eigenvalue weighted by Gasteiger charge is -2.61. The Bertz CT molecular complexity index is 1450. The summed E-state index contributed by atoms with van der Waals surface area (Å²) in [4.78, 5) is 0. The first kappa shape index (κ1) is 41.9. The fourth-order valence-corrected chi connectivity index (χ4v) is 13.2. The Labute approximate surface area is 328 Å². The number of hydrogen-bond acceptors (Lipinski definition) is 15.